The van der Waals surface area contributed by atoms with Crippen molar-refractivity contribution in [3.8, 4) is 5.75 Å². The maximum Gasteiger partial charge on any atom is 0.292 e. The number of ether oxygens (including phenoxy) is 1. The molecule has 2 unspecified atom stereocenters. The highest BCUT2D eigenvalue weighted by Gasteiger charge is 2.33. The molecule has 1 aliphatic rings. The molecule has 132 valence electrons. The van der Waals surface area contributed by atoms with Crippen LogP contribution in [-0.2, 0) is 6.61 Å². The minimum Gasteiger partial charge on any atom is -0.497 e. The van der Waals surface area contributed by atoms with E-state index in [-0.39, 0.29) is 23.3 Å². The molecule has 0 bridgehead atoms. The first-order valence-corrected chi connectivity index (χ1v) is 8.32. The molecule has 1 fully saturated rings. The highest BCUT2D eigenvalue weighted by molar-refractivity contribution is 5.66. The highest BCUT2D eigenvalue weighted by atomic mass is 16.6. The summed E-state index contributed by atoms with van der Waals surface area (Å²) >= 11 is 0. The van der Waals surface area contributed by atoms with E-state index in [1.54, 1.807) is 19.2 Å². The summed E-state index contributed by atoms with van der Waals surface area (Å²) < 4.78 is 5.20. The predicted molar refractivity (Wildman–Crippen MR) is 96.2 cm³/mol. The Morgan fingerprint density at radius 1 is 1.28 bits per heavy atom. The molecule has 1 N–H and O–H groups in total. The second kappa shape index (κ2) is 7.11. The molecule has 2 aromatic rings. The van der Waals surface area contributed by atoms with Crippen LogP contribution in [0.3, 0.4) is 0 Å². The number of nitro groups is 1. The quantitative estimate of drug-likeness (QED) is 0.665. The van der Waals surface area contributed by atoms with E-state index in [0.717, 1.165) is 12.2 Å². The van der Waals surface area contributed by atoms with Crippen LogP contribution in [0, 0.1) is 10.1 Å². The normalized spacial score (nSPS) is 19.9. The summed E-state index contributed by atoms with van der Waals surface area (Å²) in [6, 6.07) is 13.0. The Balaban J connectivity index is 1.89. The summed E-state index contributed by atoms with van der Waals surface area (Å²) in [4.78, 5) is 13.1. The fraction of sp³-hybridized carbons (Fsp3) is 0.368. The molecule has 3 rings (SSSR count). The summed E-state index contributed by atoms with van der Waals surface area (Å²) in [5.74, 6) is 1.12. The van der Waals surface area contributed by atoms with Crippen molar-refractivity contribution in [3.05, 3.63) is 63.7 Å². The summed E-state index contributed by atoms with van der Waals surface area (Å²) in [6.07, 6.45) is 0.923. The molecule has 1 saturated heterocycles. The average molecular weight is 342 g/mol. The molecular weight excluding hydrogens is 320 g/mol. The van der Waals surface area contributed by atoms with Gasteiger partial charge in [-0.1, -0.05) is 12.1 Å². The molecule has 25 heavy (non-hydrogen) atoms. The van der Waals surface area contributed by atoms with Crippen LogP contribution in [0.4, 0.5) is 11.4 Å². The van der Waals surface area contributed by atoms with Gasteiger partial charge in [0.15, 0.2) is 0 Å². The van der Waals surface area contributed by atoms with Crippen molar-refractivity contribution in [2.45, 2.75) is 31.9 Å². The van der Waals surface area contributed by atoms with Crippen LogP contribution >= 0.6 is 0 Å². The van der Waals surface area contributed by atoms with E-state index in [2.05, 4.69) is 24.0 Å². The first-order valence-electron chi connectivity index (χ1n) is 8.32. The highest BCUT2D eigenvalue weighted by Crippen LogP contribution is 2.39. The van der Waals surface area contributed by atoms with E-state index in [9.17, 15) is 15.2 Å². The van der Waals surface area contributed by atoms with Crippen molar-refractivity contribution in [3.63, 3.8) is 0 Å². The summed E-state index contributed by atoms with van der Waals surface area (Å²) in [5, 5.41) is 20.8. The SMILES string of the molecule is COc1ccc(C2CC(C)N(c3cc(CO)ccc3[N+](=O)[O-])C2)cc1. The number of aliphatic hydroxyl groups is 1. The van der Waals surface area contributed by atoms with Gasteiger partial charge in [-0.15, -0.1) is 0 Å². The molecule has 2 aromatic carbocycles. The number of anilines is 1. The Kier molecular flexibility index (Phi) is 4.90. The largest absolute Gasteiger partial charge is 0.497 e. The Morgan fingerprint density at radius 2 is 2.00 bits per heavy atom. The molecule has 1 aliphatic heterocycles. The lowest BCUT2D eigenvalue weighted by Crippen LogP contribution is -2.27. The lowest BCUT2D eigenvalue weighted by Gasteiger charge is -2.24. The Bertz CT molecular complexity index is 761. The van der Waals surface area contributed by atoms with E-state index in [4.69, 9.17) is 4.74 Å². The Morgan fingerprint density at radius 3 is 2.60 bits per heavy atom. The van der Waals surface area contributed by atoms with Gasteiger partial charge in [-0.2, -0.15) is 0 Å². The van der Waals surface area contributed by atoms with Crippen LogP contribution in [0.15, 0.2) is 42.5 Å². The molecule has 0 radical (unpaired) electrons. The maximum absolute atomic E-state index is 11.4. The molecule has 6 nitrogen and oxygen atoms in total. The molecule has 2 atom stereocenters. The van der Waals surface area contributed by atoms with Crippen molar-refractivity contribution in [1.82, 2.24) is 0 Å². The second-order valence-electron chi connectivity index (χ2n) is 6.45. The zero-order valence-corrected chi connectivity index (χ0v) is 14.4. The lowest BCUT2D eigenvalue weighted by molar-refractivity contribution is -0.384. The lowest BCUT2D eigenvalue weighted by atomic mass is 9.97. The summed E-state index contributed by atoms with van der Waals surface area (Å²) in [5.41, 5.74) is 2.55. The van der Waals surface area contributed by atoms with Crippen LogP contribution in [0.5, 0.6) is 5.75 Å². The van der Waals surface area contributed by atoms with Gasteiger partial charge < -0.3 is 14.7 Å². The zero-order valence-electron chi connectivity index (χ0n) is 14.4. The third-order valence-electron chi connectivity index (χ3n) is 4.89. The van der Waals surface area contributed by atoms with Gasteiger partial charge in [0.1, 0.15) is 11.4 Å². The number of hydrogen-bond acceptors (Lipinski definition) is 5. The van der Waals surface area contributed by atoms with Gasteiger partial charge in [-0.05, 0) is 48.7 Å². The van der Waals surface area contributed by atoms with Crippen molar-refractivity contribution in [1.29, 1.82) is 0 Å². The van der Waals surface area contributed by atoms with Crippen molar-refractivity contribution in [2.24, 2.45) is 0 Å². The van der Waals surface area contributed by atoms with Crippen LogP contribution in [0.2, 0.25) is 0 Å². The number of benzene rings is 2. The first-order chi connectivity index (χ1) is 12.0. The third-order valence-corrected chi connectivity index (χ3v) is 4.89. The second-order valence-corrected chi connectivity index (χ2v) is 6.45. The van der Waals surface area contributed by atoms with E-state index >= 15 is 0 Å². The first kappa shape index (κ1) is 17.2. The molecule has 1 heterocycles. The van der Waals surface area contributed by atoms with Crippen LogP contribution in [0.25, 0.3) is 0 Å². The van der Waals surface area contributed by atoms with Crippen molar-refractivity contribution < 1.29 is 14.8 Å². The van der Waals surface area contributed by atoms with E-state index in [1.807, 2.05) is 12.1 Å². The number of methoxy groups -OCH3 is 1. The van der Waals surface area contributed by atoms with Gasteiger partial charge in [0.05, 0.1) is 18.6 Å². The smallest absolute Gasteiger partial charge is 0.292 e. The summed E-state index contributed by atoms with van der Waals surface area (Å²) in [6.45, 7) is 2.66. The average Bonchev–Trinajstić information content (AvgIpc) is 3.02. The fourth-order valence-electron chi connectivity index (χ4n) is 3.54. The molecular formula is C19H22N2O4. The Labute approximate surface area is 146 Å². The monoisotopic (exact) mass is 342 g/mol. The van der Waals surface area contributed by atoms with Gasteiger partial charge >= 0.3 is 0 Å². The van der Waals surface area contributed by atoms with Gasteiger partial charge in [-0.3, -0.25) is 10.1 Å². The minimum absolute atomic E-state index is 0.0828. The number of nitro benzene ring substituents is 1. The maximum atomic E-state index is 11.4. The Hall–Kier alpha value is -2.60. The molecule has 0 aromatic heterocycles. The van der Waals surface area contributed by atoms with Crippen molar-refractivity contribution >= 4 is 11.4 Å². The van der Waals surface area contributed by atoms with Crippen LogP contribution < -0.4 is 9.64 Å². The molecule has 0 amide bonds. The fourth-order valence-corrected chi connectivity index (χ4v) is 3.54. The molecule has 0 spiro atoms. The number of nitrogens with zero attached hydrogens (tertiary/aromatic N) is 2. The van der Waals surface area contributed by atoms with E-state index in [1.165, 1.54) is 11.6 Å². The van der Waals surface area contributed by atoms with Crippen molar-refractivity contribution in [2.75, 3.05) is 18.6 Å². The van der Waals surface area contributed by atoms with Crippen LogP contribution in [0.1, 0.15) is 30.4 Å². The van der Waals surface area contributed by atoms with Gasteiger partial charge in [0, 0.05) is 24.6 Å². The third kappa shape index (κ3) is 3.44. The number of rotatable bonds is 5. The molecule has 6 heteroatoms. The summed E-state index contributed by atoms with van der Waals surface area (Å²) in [7, 11) is 1.64. The zero-order chi connectivity index (χ0) is 18.0. The van der Waals surface area contributed by atoms with Gasteiger partial charge in [0.2, 0.25) is 0 Å². The van der Waals surface area contributed by atoms with Gasteiger partial charge in [-0.25, -0.2) is 0 Å². The van der Waals surface area contributed by atoms with E-state index in [0.29, 0.717) is 23.7 Å². The van der Waals surface area contributed by atoms with Gasteiger partial charge in [0.25, 0.3) is 5.69 Å². The molecule has 0 aliphatic carbocycles. The minimum atomic E-state index is -0.357. The molecule has 0 saturated carbocycles. The van der Waals surface area contributed by atoms with E-state index < -0.39 is 0 Å². The standard InChI is InChI=1S/C19H22N2O4/c1-13-9-16(15-4-6-17(25-2)7-5-15)11-20(13)19-10-14(12-22)3-8-18(19)21(23)24/h3-8,10,13,16,22H,9,11-12H2,1-2H3. The van der Waals surface area contributed by atoms with Crippen LogP contribution in [-0.4, -0.2) is 29.7 Å². The number of aliphatic hydroxyl groups excluding tert-OH is 1. The topological polar surface area (TPSA) is 75.8 Å². The number of hydrogen-bond donors (Lipinski definition) is 1. The predicted octanol–water partition coefficient (Wildman–Crippen LogP) is 3.48.